The van der Waals surface area contributed by atoms with E-state index in [9.17, 15) is 9.59 Å². The molecule has 0 saturated heterocycles. The number of carbonyl (C=O) groups excluding carboxylic acids is 2. The van der Waals surface area contributed by atoms with Gasteiger partial charge in [0, 0.05) is 6.08 Å². The minimum atomic E-state index is -0.487. The number of esters is 2. The smallest absolute Gasteiger partial charge is 0.330 e. The molecule has 0 aliphatic rings. The van der Waals surface area contributed by atoms with Crippen molar-refractivity contribution < 1.29 is 19.1 Å². The van der Waals surface area contributed by atoms with E-state index < -0.39 is 17.0 Å². The second-order valence-electron chi connectivity index (χ2n) is 5.61. The molecule has 0 radical (unpaired) electrons. The lowest BCUT2D eigenvalue weighted by Crippen LogP contribution is -2.27. The molecule has 0 fully saturated rings. The topological polar surface area (TPSA) is 52.6 Å². The van der Waals surface area contributed by atoms with Gasteiger partial charge in [0.1, 0.15) is 5.60 Å². The van der Waals surface area contributed by atoms with Crippen LogP contribution >= 0.6 is 0 Å². The van der Waals surface area contributed by atoms with Crippen LogP contribution < -0.4 is 0 Å². The first-order valence-electron chi connectivity index (χ1n) is 5.55. The summed E-state index contributed by atoms with van der Waals surface area (Å²) >= 11 is 0. The minimum absolute atomic E-state index is 0.220. The quantitative estimate of drug-likeness (QED) is 0.561. The van der Waals surface area contributed by atoms with E-state index in [1.54, 1.807) is 6.08 Å². The predicted molar refractivity (Wildman–Crippen MR) is 65.4 cm³/mol. The van der Waals surface area contributed by atoms with Gasteiger partial charge in [0.15, 0.2) is 0 Å². The Labute approximate surface area is 103 Å². The second-order valence-corrected chi connectivity index (χ2v) is 5.61. The van der Waals surface area contributed by atoms with Crippen molar-refractivity contribution in [3.05, 3.63) is 12.2 Å². The van der Waals surface area contributed by atoms with Gasteiger partial charge < -0.3 is 9.47 Å². The monoisotopic (exact) mass is 242 g/mol. The van der Waals surface area contributed by atoms with Crippen LogP contribution in [-0.4, -0.2) is 24.6 Å². The lowest BCUT2D eigenvalue weighted by molar-refractivity contribution is -0.156. The highest BCUT2D eigenvalue weighted by Gasteiger charge is 2.24. The highest BCUT2D eigenvalue weighted by Crippen LogP contribution is 2.24. The summed E-state index contributed by atoms with van der Waals surface area (Å²) in [6.07, 6.45) is 3.20. The Morgan fingerprint density at radius 1 is 1.12 bits per heavy atom. The fourth-order valence-electron chi connectivity index (χ4n) is 1.17. The third-order valence-electron chi connectivity index (χ3n) is 1.89. The molecule has 0 rings (SSSR count). The van der Waals surface area contributed by atoms with Gasteiger partial charge >= 0.3 is 11.9 Å². The van der Waals surface area contributed by atoms with Crippen LogP contribution in [0.3, 0.4) is 0 Å². The van der Waals surface area contributed by atoms with Crippen LogP contribution in [0.1, 0.15) is 41.0 Å². The van der Waals surface area contributed by atoms with E-state index in [2.05, 4.69) is 4.74 Å². The van der Waals surface area contributed by atoms with Crippen LogP contribution in [0, 0.1) is 5.41 Å². The molecule has 17 heavy (non-hydrogen) atoms. The lowest BCUT2D eigenvalue weighted by Gasteiger charge is -2.24. The summed E-state index contributed by atoms with van der Waals surface area (Å²) in [5, 5.41) is 0. The fraction of sp³-hybridized carbons (Fsp3) is 0.692. The van der Waals surface area contributed by atoms with Crippen molar-refractivity contribution in [1.29, 1.82) is 0 Å². The average Bonchev–Trinajstić information content (AvgIpc) is 2.10. The summed E-state index contributed by atoms with van der Waals surface area (Å²) in [6, 6.07) is 0. The van der Waals surface area contributed by atoms with Crippen LogP contribution in [0.5, 0.6) is 0 Å². The first-order chi connectivity index (χ1) is 7.56. The fourth-order valence-corrected chi connectivity index (χ4v) is 1.17. The molecule has 98 valence electrons. The largest absolute Gasteiger partial charge is 0.466 e. The van der Waals surface area contributed by atoms with Gasteiger partial charge in [0.2, 0.25) is 0 Å². The number of rotatable bonds is 4. The molecule has 0 N–H and O–H groups in total. The number of allylic oxidation sites excluding steroid dienone is 1. The predicted octanol–water partition coefficient (Wildman–Crippen LogP) is 2.47. The van der Waals surface area contributed by atoms with Crippen LogP contribution in [0.15, 0.2) is 12.2 Å². The van der Waals surface area contributed by atoms with Gasteiger partial charge in [-0.2, -0.15) is 0 Å². The van der Waals surface area contributed by atoms with Gasteiger partial charge in [-0.05, 0) is 26.2 Å². The maximum Gasteiger partial charge on any atom is 0.330 e. The van der Waals surface area contributed by atoms with Gasteiger partial charge in [0.05, 0.1) is 13.5 Å². The number of carbonyl (C=O) groups is 2. The van der Waals surface area contributed by atoms with Gasteiger partial charge in [0.25, 0.3) is 0 Å². The summed E-state index contributed by atoms with van der Waals surface area (Å²) < 4.78 is 9.71. The molecule has 0 aromatic heterocycles. The molecule has 4 nitrogen and oxygen atoms in total. The van der Waals surface area contributed by atoms with Crippen molar-refractivity contribution in [2.45, 2.75) is 46.6 Å². The molecule has 0 bridgehead atoms. The lowest BCUT2D eigenvalue weighted by atomic mass is 9.89. The summed E-state index contributed by atoms with van der Waals surface area (Å²) in [5.41, 5.74) is -0.921. The number of methoxy groups -OCH3 is 1. The molecule has 0 saturated carbocycles. The molecular weight excluding hydrogens is 220 g/mol. The second kappa shape index (κ2) is 5.84. The first kappa shape index (κ1) is 15.7. The van der Waals surface area contributed by atoms with Gasteiger partial charge in [-0.15, -0.1) is 0 Å². The zero-order chi connectivity index (χ0) is 13.7. The number of hydrogen-bond donors (Lipinski definition) is 0. The van der Waals surface area contributed by atoms with Crippen LogP contribution in [0.2, 0.25) is 0 Å². The van der Waals surface area contributed by atoms with Gasteiger partial charge in [-0.1, -0.05) is 19.9 Å². The normalized spacial score (nSPS) is 12.6. The number of ether oxygens (including phenoxy) is 2. The Hall–Kier alpha value is -1.32. The molecule has 0 aromatic carbocycles. The zero-order valence-electron chi connectivity index (χ0n) is 11.5. The summed E-state index contributed by atoms with van der Waals surface area (Å²) in [7, 11) is 1.31. The molecule has 0 unspecified atom stereocenters. The van der Waals surface area contributed by atoms with Crippen molar-refractivity contribution >= 4 is 11.9 Å². The average molecular weight is 242 g/mol. The van der Waals surface area contributed by atoms with E-state index in [0.29, 0.717) is 0 Å². The molecule has 0 amide bonds. The Morgan fingerprint density at radius 2 is 1.65 bits per heavy atom. The summed E-state index contributed by atoms with van der Waals surface area (Å²) in [6.45, 7) is 9.18. The maximum atomic E-state index is 11.6. The maximum absolute atomic E-state index is 11.6. The van der Waals surface area contributed by atoms with Crippen LogP contribution in [0.4, 0.5) is 0 Å². The van der Waals surface area contributed by atoms with E-state index in [1.165, 1.54) is 13.2 Å². The van der Waals surface area contributed by atoms with Crippen LogP contribution in [0.25, 0.3) is 0 Å². The van der Waals surface area contributed by atoms with Crippen molar-refractivity contribution in [1.82, 2.24) is 0 Å². The van der Waals surface area contributed by atoms with Crippen LogP contribution in [-0.2, 0) is 19.1 Å². The van der Waals surface area contributed by atoms with E-state index >= 15 is 0 Å². The van der Waals surface area contributed by atoms with E-state index in [0.717, 1.165) is 0 Å². The highest BCUT2D eigenvalue weighted by atomic mass is 16.6. The molecule has 0 heterocycles. The number of hydrogen-bond acceptors (Lipinski definition) is 4. The molecule has 0 atom stereocenters. The highest BCUT2D eigenvalue weighted by molar-refractivity contribution is 5.82. The first-order valence-corrected chi connectivity index (χ1v) is 5.55. The van der Waals surface area contributed by atoms with Crippen molar-refractivity contribution in [2.24, 2.45) is 5.41 Å². The Bertz CT molecular complexity index is 308. The zero-order valence-corrected chi connectivity index (χ0v) is 11.5. The summed E-state index contributed by atoms with van der Waals surface area (Å²) in [4.78, 5) is 22.6. The van der Waals surface area contributed by atoms with Crippen molar-refractivity contribution in [3.63, 3.8) is 0 Å². The minimum Gasteiger partial charge on any atom is -0.466 e. The molecule has 0 spiro atoms. The van der Waals surface area contributed by atoms with E-state index in [-0.39, 0.29) is 12.4 Å². The summed E-state index contributed by atoms with van der Waals surface area (Å²) in [5.74, 6) is -0.709. The van der Waals surface area contributed by atoms with E-state index in [1.807, 2.05) is 34.6 Å². The third-order valence-corrected chi connectivity index (χ3v) is 1.89. The third kappa shape index (κ3) is 8.48. The van der Waals surface area contributed by atoms with Gasteiger partial charge in [-0.3, -0.25) is 4.79 Å². The molecular formula is C13H22O4. The standard InChI is InChI=1S/C13H22O4/c1-12(2,3)17-11(15)9-13(4,5)8-7-10(14)16-6/h7-8H,9H2,1-6H3/b8-7+. The Morgan fingerprint density at radius 3 is 2.06 bits per heavy atom. The van der Waals surface area contributed by atoms with E-state index in [4.69, 9.17) is 4.74 Å². The molecule has 0 aliphatic carbocycles. The van der Waals surface area contributed by atoms with Gasteiger partial charge in [-0.25, -0.2) is 4.79 Å². The Balaban J connectivity index is 4.40. The van der Waals surface area contributed by atoms with Crippen molar-refractivity contribution in [2.75, 3.05) is 7.11 Å². The Kier molecular flexibility index (Phi) is 5.39. The molecule has 0 aromatic rings. The molecule has 0 aliphatic heterocycles. The van der Waals surface area contributed by atoms with Crippen molar-refractivity contribution in [3.8, 4) is 0 Å². The SMILES string of the molecule is COC(=O)/C=C/C(C)(C)CC(=O)OC(C)(C)C. The molecule has 4 heteroatoms.